The van der Waals surface area contributed by atoms with Crippen LogP contribution < -0.4 is 10.5 Å². The van der Waals surface area contributed by atoms with E-state index in [1.807, 2.05) is 42.5 Å². The average Bonchev–Trinajstić information content (AvgIpc) is 2.78. The van der Waals surface area contributed by atoms with Crippen LogP contribution in [0.5, 0.6) is 5.75 Å². The normalized spacial score (nSPS) is 21.1. The van der Waals surface area contributed by atoms with Gasteiger partial charge in [0.15, 0.2) is 5.78 Å². The van der Waals surface area contributed by atoms with Crippen LogP contribution in [0.15, 0.2) is 77.4 Å². The minimum Gasteiger partial charge on any atom is -0.497 e. The molecule has 0 bridgehead atoms. The zero-order valence-electron chi connectivity index (χ0n) is 16.9. The highest BCUT2D eigenvalue weighted by molar-refractivity contribution is 6.03. The Balaban J connectivity index is 1.82. The van der Waals surface area contributed by atoms with Gasteiger partial charge in [-0.1, -0.05) is 42.5 Å². The molecule has 0 aromatic heterocycles. The van der Waals surface area contributed by atoms with E-state index in [1.54, 1.807) is 19.2 Å². The average molecular weight is 405 g/mol. The van der Waals surface area contributed by atoms with Crippen molar-refractivity contribution in [1.82, 2.24) is 0 Å². The van der Waals surface area contributed by atoms with Crippen molar-refractivity contribution < 1.29 is 23.8 Å². The molecule has 0 amide bonds. The molecule has 0 fully saturated rings. The maximum atomic E-state index is 13.3. The van der Waals surface area contributed by atoms with Crippen molar-refractivity contribution in [3.63, 3.8) is 0 Å². The molecule has 0 saturated heterocycles. The van der Waals surface area contributed by atoms with E-state index in [2.05, 4.69) is 0 Å². The topological polar surface area (TPSA) is 87.9 Å². The van der Waals surface area contributed by atoms with Crippen LogP contribution in [0, 0.1) is 0 Å². The van der Waals surface area contributed by atoms with E-state index >= 15 is 0 Å². The third kappa shape index (κ3) is 3.45. The largest absolute Gasteiger partial charge is 0.497 e. The molecule has 1 heterocycles. The van der Waals surface area contributed by atoms with Gasteiger partial charge in [-0.3, -0.25) is 4.79 Å². The SMILES string of the molecule is COC(=O)C1=C(N)OC2=C(C(=O)C[C@@H](c3ccccc3)C2)[C@H]1c1cccc(OC)c1. The number of nitrogens with two attached hydrogens (primary N) is 1. The Morgan fingerprint density at radius 1 is 1.03 bits per heavy atom. The predicted molar refractivity (Wildman–Crippen MR) is 110 cm³/mol. The van der Waals surface area contributed by atoms with E-state index in [9.17, 15) is 9.59 Å². The van der Waals surface area contributed by atoms with Crippen LogP contribution in [0.3, 0.4) is 0 Å². The van der Waals surface area contributed by atoms with Crippen molar-refractivity contribution in [2.45, 2.75) is 24.7 Å². The number of ketones is 1. The zero-order valence-corrected chi connectivity index (χ0v) is 16.9. The van der Waals surface area contributed by atoms with Gasteiger partial charge in [-0.25, -0.2) is 4.79 Å². The first kappa shape index (κ1) is 19.8. The number of esters is 1. The fourth-order valence-corrected chi connectivity index (χ4v) is 4.23. The molecule has 2 atom stereocenters. The van der Waals surface area contributed by atoms with Crippen LogP contribution in [-0.2, 0) is 19.1 Å². The van der Waals surface area contributed by atoms with E-state index < -0.39 is 11.9 Å². The summed E-state index contributed by atoms with van der Waals surface area (Å²) >= 11 is 0. The highest BCUT2D eigenvalue weighted by Gasteiger charge is 2.43. The first-order valence-corrected chi connectivity index (χ1v) is 9.74. The Bertz CT molecular complexity index is 1050. The first-order valence-electron chi connectivity index (χ1n) is 9.74. The molecule has 1 aliphatic carbocycles. The quantitative estimate of drug-likeness (QED) is 0.783. The summed E-state index contributed by atoms with van der Waals surface area (Å²) in [6, 6.07) is 17.1. The molecule has 2 N–H and O–H groups in total. The van der Waals surface area contributed by atoms with E-state index in [1.165, 1.54) is 7.11 Å². The van der Waals surface area contributed by atoms with Crippen LogP contribution in [-0.4, -0.2) is 26.0 Å². The molecule has 0 spiro atoms. The number of hydrogen-bond acceptors (Lipinski definition) is 6. The van der Waals surface area contributed by atoms with E-state index in [0.29, 0.717) is 29.9 Å². The lowest BCUT2D eigenvalue weighted by Gasteiger charge is -2.35. The third-order valence-corrected chi connectivity index (χ3v) is 5.64. The zero-order chi connectivity index (χ0) is 21.3. The molecule has 0 unspecified atom stereocenters. The summed E-state index contributed by atoms with van der Waals surface area (Å²) in [6.07, 6.45) is 0.863. The molecule has 2 aliphatic rings. The van der Waals surface area contributed by atoms with Crippen molar-refractivity contribution in [2.75, 3.05) is 14.2 Å². The molecule has 2 aromatic carbocycles. The van der Waals surface area contributed by atoms with Crippen molar-refractivity contribution >= 4 is 11.8 Å². The maximum Gasteiger partial charge on any atom is 0.340 e. The Morgan fingerprint density at radius 3 is 2.47 bits per heavy atom. The van der Waals surface area contributed by atoms with Gasteiger partial charge in [-0.2, -0.15) is 0 Å². The molecular weight excluding hydrogens is 382 g/mol. The molecule has 4 rings (SSSR count). The van der Waals surface area contributed by atoms with Crippen LogP contribution in [0.4, 0.5) is 0 Å². The van der Waals surface area contributed by atoms with Gasteiger partial charge in [0.25, 0.3) is 0 Å². The number of carbonyl (C=O) groups is 2. The second-order valence-corrected chi connectivity index (χ2v) is 7.36. The summed E-state index contributed by atoms with van der Waals surface area (Å²) in [5.41, 5.74) is 8.56. The van der Waals surface area contributed by atoms with Gasteiger partial charge in [0, 0.05) is 18.4 Å². The number of carbonyl (C=O) groups excluding carboxylic acids is 2. The Labute approximate surface area is 174 Å². The van der Waals surface area contributed by atoms with E-state index in [0.717, 1.165) is 11.1 Å². The molecular formula is C24H23NO5. The highest BCUT2D eigenvalue weighted by atomic mass is 16.5. The Hall–Kier alpha value is -3.54. The number of allylic oxidation sites excluding steroid dienone is 2. The smallest absolute Gasteiger partial charge is 0.340 e. The number of benzene rings is 2. The van der Waals surface area contributed by atoms with Crippen molar-refractivity contribution in [1.29, 1.82) is 0 Å². The first-order chi connectivity index (χ1) is 14.5. The second kappa shape index (κ2) is 8.06. The van der Waals surface area contributed by atoms with Crippen molar-refractivity contribution in [2.24, 2.45) is 5.73 Å². The van der Waals surface area contributed by atoms with Crippen LogP contribution in [0.2, 0.25) is 0 Å². The number of ether oxygens (including phenoxy) is 3. The highest BCUT2D eigenvalue weighted by Crippen LogP contribution is 2.47. The maximum absolute atomic E-state index is 13.3. The van der Waals surface area contributed by atoms with E-state index in [-0.39, 0.29) is 23.2 Å². The molecule has 0 saturated carbocycles. The number of hydrogen-bond donors (Lipinski definition) is 1. The molecule has 6 heteroatoms. The van der Waals surface area contributed by atoms with Crippen LogP contribution >= 0.6 is 0 Å². The molecule has 154 valence electrons. The minimum atomic E-state index is -0.666. The Kier molecular flexibility index (Phi) is 5.31. The predicted octanol–water partition coefficient (Wildman–Crippen LogP) is 3.55. The molecule has 0 radical (unpaired) electrons. The van der Waals surface area contributed by atoms with Gasteiger partial charge in [0.1, 0.15) is 17.1 Å². The molecule has 30 heavy (non-hydrogen) atoms. The summed E-state index contributed by atoms with van der Waals surface area (Å²) in [5.74, 6) is -0.254. The monoisotopic (exact) mass is 405 g/mol. The van der Waals surface area contributed by atoms with Gasteiger partial charge in [0.2, 0.25) is 5.88 Å². The summed E-state index contributed by atoms with van der Waals surface area (Å²) in [7, 11) is 2.85. The minimum absolute atomic E-state index is 0.00381. The fraction of sp³-hybridized carbons (Fsp3) is 0.250. The fourth-order valence-electron chi connectivity index (χ4n) is 4.23. The standard InChI is InChI=1S/C24H23NO5/c1-28-17-10-6-9-15(11-17)20-21-18(26)12-16(14-7-4-3-5-8-14)13-19(21)30-23(25)22(20)24(27)29-2/h3-11,16,20H,12-13,25H2,1-2H3/t16-,20-/m1/s1. The number of Topliss-reactive ketones (excluding diaryl/α,β-unsaturated/α-hetero) is 1. The molecule has 6 nitrogen and oxygen atoms in total. The molecule has 2 aromatic rings. The third-order valence-electron chi connectivity index (χ3n) is 5.64. The van der Waals surface area contributed by atoms with Crippen molar-refractivity contribution in [3.8, 4) is 5.75 Å². The summed E-state index contributed by atoms with van der Waals surface area (Å²) in [4.78, 5) is 25.9. The van der Waals surface area contributed by atoms with Gasteiger partial charge >= 0.3 is 5.97 Å². The number of rotatable bonds is 4. The van der Waals surface area contributed by atoms with E-state index in [4.69, 9.17) is 19.9 Å². The van der Waals surface area contributed by atoms with Crippen LogP contribution in [0.25, 0.3) is 0 Å². The summed E-state index contributed by atoms with van der Waals surface area (Å²) in [6.45, 7) is 0. The summed E-state index contributed by atoms with van der Waals surface area (Å²) in [5, 5.41) is 0. The Morgan fingerprint density at radius 2 is 1.77 bits per heavy atom. The van der Waals surface area contributed by atoms with Gasteiger partial charge in [-0.05, 0) is 29.2 Å². The lowest BCUT2D eigenvalue weighted by atomic mass is 9.73. The van der Waals surface area contributed by atoms with Crippen molar-refractivity contribution in [3.05, 3.63) is 88.5 Å². The molecule has 1 aliphatic heterocycles. The van der Waals surface area contributed by atoms with Gasteiger partial charge < -0.3 is 19.9 Å². The summed E-state index contributed by atoms with van der Waals surface area (Å²) < 4.78 is 16.1. The lowest BCUT2D eigenvalue weighted by Crippen LogP contribution is -2.32. The van der Waals surface area contributed by atoms with Crippen LogP contribution in [0.1, 0.15) is 35.8 Å². The lowest BCUT2D eigenvalue weighted by molar-refractivity contribution is -0.136. The second-order valence-electron chi connectivity index (χ2n) is 7.36. The van der Waals surface area contributed by atoms with Gasteiger partial charge in [0.05, 0.1) is 20.1 Å². The van der Waals surface area contributed by atoms with Gasteiger partial charge in [-0.15, -0.1) is 0 Å². The number of methoxy groups -OCH3 is 2.